The SMILES string of the molecule is N#Cc1cc(Br)cc(-c2ccc(O)cc2)c1-c1ccccc1. The van der Waals surface area contributed by atoms with Crippen LogP contribution in [0.5, 0.6) is 5.75 Å². The molecule has 0 heterocycles. The lowest BCUT2D eigenvalue weighted by Crippen LogP contribution is -1.90. The van der Waals surface area contributed by atoms with E-state index < -0.39 is 0 Å². The monoisotopic (exact) mass is 349 g/mol. The van der Waals surface area contributed by atoms with Crippen molar-refractivity contribution >= 4 is 15.9 Å². The standard InChI is InChI=1S/C19H12BrNO/c20-16-10-15(12-21)19(14-4-2-1-3-5-14)18(11-16)13-6-8-17(22)9-7-13/h1-11,22H. The van der Waals surface area contributed by atoms with Gasteiger partial charge in [0.2, 0.25) is 0 Å². The molecule has 0 aromatic heterocycles. The first-order chi connectivity index (χ1) is 10.7. The number of nitrogens with zero attached hydrogens (tertiary/aromatic N) is 1. The van der Waals surface area contributed by atoms with Crippen molar-refractivity contribution in [1.29, 1.82) is 5.26 Å². The van der Waals surface area contributed by atoms with E-state index in [1.165, 1.54) is 0 Å². The summed E-state index contributed by atoms with van der Waals surface area (Å²) in [4.78, 5) is 0. The minimum absolute atomic E-state index is 0.223. The molecule has 0 atom stereocenters. The van der Waals surface area contributed by atoms with E-state index in [1.807, 2.05) is 54.6 Å². The summed E-state index contributed by atoms with van der Waals surface area (Å²) in [5, 5.41) is 19.0. The van der Waals surface area contributed by atoms with Crippen molar-refractivity contribution in [2.75, 3.05) is 0 Å². The highest BCUT2D eigenvalue weighted by Crippen LogP contribution is 2.37. The van der Waals surface area contributed by atoms with E-state index in [9.17, 15) is 10.4 Å². The van der Waals surface area contributed by atoms with Gasteiger partial charge in [-0.3, -0.25) is 0 Å². The Hall–Kier alpha value is -2.57. The summed E-state index contributed by atoms with van der Waals surface area (Å²) in [5.74, 6) is 0.223. The molecule has 22 heavy (non-hydrogen) atoms. The quantitative estimate of drug-likeness (QED) is 0.676. The van der Waals surface area contributed by atoms with E-state index in [0.717, 1.165) is 26.7 Å². The first-order valence-corrected chi connectivity index (χ1v) is 7.57. The fourth-order valence-electron chi connectivity index (χ4n) is 2.48. The lowest BCUT2D eigenvalue weighted by molar-refractivity contribution is 0.475. The number of phenols is 1. The van der Waals surface area contributed by atoms with Crippen LogP contribution < -0.4 is 0 Å². The Morgan fingerprint density at radius 2 is 1.55 bits per heavy atom. The molecule has 0 aliphatic carbocycles. The van der Waals surface area contributed by atoms with Crippen LogP contribution in [0.4, 0.5) is 0 Å². The number of hydrogen-bond donors (Lipinski definition) is 1. The maximum atomic E-state index is 9.51. The maximum absolute atomic E-state index is 9.51. The average molecular weight is 350 g/mol. The lowest BCUT2D eigenvalue weighted by Gasteiger charge is -2.13. The van der Waals surface area contributed by atoms with Crippen LogP contribution in [0, 0.1) is 11.3 Å². The van der Waals surface area contributed by atoms with Gasteiger partial charge in [0.05, 0.1) is 11.6 Å². The predicted molar refractivity (Wildman–Crippen MR) is 91.4 cm³/mol. The number of phenolic OH excluding ortho intramolecular Hbond substituents is 1. The van der Waals surface area contributed by atoms with E-state index in [2.05, 4.69) is 22.0 Å². The van der Waals surface area contributed by atoms with E-state index >= 15 is 0 Å². The van der Waals surface area contributed by atoms with Crippen LogP contribution >= 0.6 is 15.9 Å². The van der Waals surface area contributed by atoms with E-state index in [0.29, 0.717) is 5.56 Å². The minimum atomic E-state index is 0.223. The molecule has 0 radical (unpaired) electrons. The number of aromatic hydroxyl groups is 1. The molecule has 0 bridgehead atoms. The highest BCUT2D eigenvalue weighted by Gasteiger charge is 2.14. The van der Waals surface area contributed by atoms with Gasteiger partial charge < -0.3 is 5.11 Å². The number of rotatable bonds is 2. The Labute approximate surface area is 137 Å². The fraction of sp³-hybridized carbons (Fsp3) is 0. The van der Waals surface area contributed by atoms with Crippen LogP contribution in [0.15, 0.2) is 71.2 Å². The molecule has 106 valence electrons. The van der Waals surface area contributed by atoms with Crippen molar-refractivity contribution in [2.24, 2.45) is 0 Å². The number of benzene rings is 3. The summed E-state index contributed by atoms with van der Waals surface area (Å²) < 4.78 is 0.854. The molecule has 0 saturated heterocycles. The molecular weight excluding hydrogens is 338 g/mol. The molecule has 0 fully saturated rings. The normalized spacial score (nSPS) is 10.2. The third kappa shape index (κ3) is 2.74. The number of halogens is 1. The molecule has 3 rings (SSSR count). The second-order valence-corrected chi connectivity index (χ2v) is 5.82. The first kappa shape index (κ1) is 14.4. The second kappa shape index (κ2) is 6.05. The molecule has 0 unspecified atom stereocenters. The third-order valence-corrected chi connectivity index (χ3v) is 3.92. The average Bonchev–Trinajstić information content (AvgIpc) is 2.55. The van der Waals surface area contributed by atoms with Gasteiger partial charge in [0, 0.05) is 10.0 Å². The van der Waals surface area contributed by atoms with Gasteiger partial charge >= 0.3 is 0 Å². The van der Waals surface area contributed by atoms with Crippen LogP contribution in [-0.4, -0.2) is 5.11 Å². The summed E-state index contributed by atoms with van der Waals surface area (Å²) >= 11 is 3.47. The van der Waals surface area contributed by atoms with Crippen LogP contribution in [0.2, 0.25) is 0 Å². The molecule has 0 aliphatic heterocycles. The first-order valence-electron chi connectivity index (χ1n) is 6.77. The molecule has 2 nitrogen and oxygen atoms in total. The number of nitriles is 1. The molecule has 0 aliphatic rings. The van der Waals surface area contributed by atoms with Crippen molar-refractivity contribution < 1.29 is 5.11 Å². The largest absolute Gasteiger partial charge is 0.508 e. The zero-order valence-corrected chi connectivity index (χ0v) is 13.2. The van der Waals surface area contributed by atoms with Crippen LogP contribution in [0.1, 0.15) is 5.56 Å². The van der Waals surface area contributed by atoms with Crippen LogP contribution in [0.3, 0.4) is 0 Å². The second-order valence-electron chi connectivity index (χ2n) is 4.90. The topological polar surface area (TPSA) is 44.0 Å². The summed E-state index contributed by atoms with van der Waals surface area (Å²) in [7, 11) is 0. The highest BCUT2D eigenvalue weighted by atomic mass is 79.9. The van der Waals surface area contributed by atoms with Gasteiger partial charge in [0.15, 0.2) is 0 Å². The van der Waals surface area contributed by atoms with Crippen molar-refractivity contribution in [3.63, 3.8) is 0 Å². The summed E-state index contributed by atoms with van der Waals surface area (Å²) in [5.41, 5.74) is 4.42. The van der Waals surface area contributed by atoms with E-state index in [4.69, 9.17) is 0 Å². The molecular formula is C19H12BrNO. The molecule has 0 spiro atoms. The summed E-state index contributed by atoms with van der Waals surface area (Å²) in [6.07, 6.45) is 0. The zero-order chi connectivity index (χ0) is 15.5. The van der Waals surface area contributed by atoms with Crippen molar-refractivity contribution in [2.45, 2.75) is 0 Å². The predicted octanol–water partition coefficient (Wildman–Crippen LogP) is 5.36. The molecule has 0 amide bonds. The van der Waals surface area contributed by atoms with E-state index in [1.54, 1.807) is 12.1 Å². The molecule has 1 N–H and O–H groups in total. The Balaban J connectivity index is 2.32. The Kier molecular flexibility index (Phi) is 3.95. The molecule has 3 aromatic carbocycles. The van der Waals surface area contributed by atoms with Gasteiger partial charge in [-0.1, -0.05) is 58.4 Å². The molecule has 3 aromatic rings. The minimum Gasteiger partial charge on any atom is -0.508 e. The van der Waals surface area contributed by atoms with Gasteiger partial charge in [0.1, 0.15) is 5.75 Å². The Morgan fingerprint density at radius 1 is 0.864 bits per heavy atom. The van der Waals surface area contributed by atoms with Gasteiger partial charge in [-0.25, -0.2) is 0 Å². The van der Waals surface area contributed by atoms with E-state index in [-0.39, 0.29) is 5.75 Å². The number of hydrogen-bond acceptors (Lipinski definition) is 2. The fourth-order valence-corrected chi connectivity index (χ4v) is 2.94. The zero-order valence-electron chi connectivity index (χ0n) is 11.6. The lowest BCUT2D eigenvalue weighted by atomic mass is 9.91. The van der Waals surface area contributed by atoms with Gasteiger partial charge in [0.25, 0.3) is 0 Å². The Bertz CT molecular complexity index is 849. The van der Waals surface area contributed by atoms with Crippen molar-refractivity contribution in [1.82, 2.24) is 0 Å². The van der Waals surface area contributed by atoms with Crippen LogP contribution in [-0.2, 0) is 0 Å². The maximum Gasteiger partial charge on any atom is 0.115 e. The van der Waals surface area contributed by atoms with Crippen molar-refractivity contribution in [3.8, 4) is 34.1 Å². The Morgan fingerprint density at radius 3 is 2.18 bits per heavy atom. The molecule has 0 saturated carbocycles. The highest BCUT2D eigenvalue weighted by molar-refractivity contribution is 9.10. The van der Waals surface area contributed by atoms with Gasteiger partial charge in [-0.05, 0) is 41.0 Å². The smallest absolute Gasteiger partial charge is 0.115 e. The molecule has 3 heteroatoms. The van der Waals surface area contributed by atoms with Gasteiger partial charge in [-0.15, -0.1) is 0 Å². The van der Waals surface area contributed by atoms with Crippen molar-refractivity contribution in [3.05, 3.63) is 76.8 Å². The summed E-state index contributed by atoms with van der Waals surface area (Å²) in [6.45, 7) is 0. The summed E-state index contributed by atoms with van der Waals surface area (Å²) in [6, 6.07) is 23.0. The van der Waals surface area contributed by atoms with Crippen LogP contribution in [0.25, 0.3) is 22.3 Å². The third-order valence-electron chi connectivity index (χ3n) is 3.46. The van der Waals surface area contributed by atoms with Gasteiger partial charge in [-0.2, -0.15) is 5.26 Å².